The van der Waals surface area contributed by atoms with Crippen LogP contribution in [0.25, 0.3) is 0 Å². The van der Waals surface area contributed by atoms with Gasteiger partial charge in [-0.1, -0.05) is 20.1 Å². The average Bonchev–Trinajstić information content (AvgIpc) is 2.46. The third-order valence-corrected chi connectivity index (χ3v) is 5.47. The first kappa shape index (κ1) is 16.2. The Hall–Kier alpha value is -1.17. The van der Waals surface area contributed by atoms with Crippen LogP contribution in [0.15, 0.2) is 24.3 Å². The van der Waals surface area contributed by atoms with E-state index < -0.39 is 29.0 Å². The fourth-order valence-corrected chi connectivity index (χ4v) is 4.16. The van der Waals surface area contributed by atoms with Gasteiger partial charge in [0.2, 0.25) is 0 Å². The molecule has 0 heterocycles. The number of ether oxygens (including phenoxy) is 1. The molecule has 21 heavy (non-hydrogen) atoms. The van der Waals surface area contributed by atoms with E-state index >= 15 is 0 Å². The second kappa shape index (κ2) is 5.55. The van der Waals surface area contributed by atoms with Crippen molar-refractivity contribution in [2.45, 2.75) is 50.7 Å². The number of methoxy groups -OCH3 is 1. The van der Waals surface area contributed by atoms with Crippen LogP contribution in [0.5, 0.6) is 0 Å². The van der Waals surface area contributed by atoms with Gasteiger partial charge < -0.3 is 9.84 Å². The van der Waals surface area contributed by atoms with E-state index in [4.69, 9.17) is 9.62 Å². The summed E-state index contributed by atoms with van der Waals surface area (Å²) in [5.41, 5.74) is -0.760. The summed E-state index contributed by atoms with van der Waals surface area (Å²) in [5.74, 6) is -1.05. The van der Waals surface area contributed by atoms with Gasteiger partial charge in [-0.15, -0.1) is 0 Å². The Balaban J connectivity index is 2.41. The van der Waals surface area contributed by atoms with Gasteiger partial charge in [0, 0.05) is 16.9 Å². The molecular formula is C16H24O5. The molecule has 2 saturated carbocycles. The summed E-state index contributed by atoms with van der Waals surface area (Å²) in [4.78, 5) is 16.6. The minimum atomic E-state index is -1.24. The standard InChI is InChI=1S/C16H24O5/c1-10-6-5-8-15(3)9-7-12(11(2)14(18)20-4)13(17)16(10,15)21-19/h12-13,17,19H,1-2,5-9H2,3-4H3/t12-,13+,15+,16-/m0/s1. The number of fused-ring (bicyclic) bond motifs is 1. The highest BCUT2D eigenvalue weighted by Gasteiger charge is 2.62. The van der Waals surface area contributed by atoms with Gasteiger partial charge in [0.25, 0.3) is 0 Å². The molecule has 0 bridgehead atoms. The van der Waals surface area contributed by atoms with Crippen LogP contribution >= 0.6 is 0 Å². The van der Waals surface area contributed by atoms with Gasteiger partial charge in [0.15, 0.2) is 5.60 Å². The van der Waals surface area contributed by atoms with E-state index in [0.29, 0.717) is 24.8 Å². The highest BCUT2D eigenvalue weighted by atomic mass is 17.1. The smallest absolute Gasteiger partial charge is 0.333 e. The van der Waals surface area contributed by atoms with Crippen molar-refractivity contribution in [1.29, 1.82) is 0 Å². The van der Waals surface area contributed by atoms with Gasteiger partial charge >= 0.3 is 5.97 Å². The van der Waals surface area contributed by atoms with Crippen molar-refractivity contribution in [2.24, 2.45) is 11.3 Å². The zero-order valence-corrected chi connectivity index (χ0v) is 12.7. The van der Waals surface area contributed by atoms with Gasteiger partial charge in [-0.3, -0.25) is 5.26 Å². The van der Waals surface area contributed by atoms with Crippen molar-refractivity contribution in [3.05, 3.63) is 24.3 Å². The molecule has 2 aliphatic rings. The zero-order chi connectivity index (χ0) is 15.8. The van der Waals surface area contributed by atoms with Crippen molar-refractivity contribution in [3.8, 4) is 0 Å². The molecule has 4 atom stereocenters. The molecule has 5 heteroatoms. The Morgan fingerprint density at radius 2 is 2.10 bits per heavy atom. The number of esters is 1. The molecule has 0 aromatic heterocycles. The molecule has 0 aromatic rings. The maximum absolute atomic E-state index is 11.7. The first-order chi connectivity index (χ1) is 9.84. The largest absolute Gasteiger partial charge is 0.466 e. The Labute approximate surface area is 125 Å². The lowest BCUT2D eigenvalue weighted by atomic mass is 9.52. The van der Waals surface area contributed by atoms with E-state index in [2.05, 4.69) is 13.2 Å². The highest BCUT2D eigenvalue weighted by Crippen LogP contribution is 2.58. The Morgan fingerprint density at radius 1 is 1.43 bits per heavy atom. The first-order valence-electron chi connectivity index (χ1n) is 7.30. The zero-order valence-electron chi connectivity index (χ0n) is 12.7. The molecule has 2 aliphatic carbocycles. The summed E-state index contributed by atoms with van der Waals surface area (Å²) in [6, 6.07) is 0. The number of carbonyl (C=O) groups excluding carboxylic acids is 1. The summed E-state index contributed by atoms with van der Waals surface area (Å²) in [6.45, 7) is 9.75. The van der Waals surface area contributed by atoms with Crippen LogP contribution < -0.4 is 0 Å². The number of rotatable bonds is 3. The molecule has 0 spiro atoms. The van der Waals surface area contributed by atoms with Gasteiger partial charge in [-0.2, -0.15) is 0 Å². The second-order valence-electron chi connectivity index (χ2n) is 6.45. The van der Waals surface area contributed by atoms with E-state index in [9.17, 15) is 15.2 Å². The van der Waals surface area contributed by atoms with Crippen LogP contribution in [0.1, 0.15) is 39.0 Å². The molecule has 2 rings (SSSR count). The van der Waals surface area contributed by atoms with E-state index in [1.807, 2.05) is 6.92 Å². The molecule has 0 aliphatic heterocycles. The van der Waals surface area contributed by atoms with Gasteiger partial charge in [-0.25, -0.2) is 9.68 Å². The molecule has 0 radical (unpaired) electrons. The van der Waals surface area contributed by atoms with Crippen LogP contribution in [0.2, 0.25) is 0 Å². The number of aliphatic hydroxyl groups is 1. The quantitative estimate of drug-likeness (QED) is 0.275. The van der Waals surface area contributed by atoms with Crippen LogP contribution in [0.4, 0.5) is 0 Å². The van der Waals surface area contributed by atoms with Crippen molar-refractivity contribution < 1.29 is 24.8 Å². The van der Waals surface area contributed by atoms with Crippen molar-refractivity contribution in [2.75, 3.05) is 7.11 Å². The van der Waals surface area contributed by atoms with Crippen LogP contribution in [-0.4, -0.2) is 35.1 Å². The molecular weight excluding hydrogens is 272 g/mol. The molecule has 0 amide bonds. The molecule has 0 saturated heterocycles. The van der Waals surface area contributed by atoms with Crippen molar-refractivity contribution in [1.82, 2.24) is 0 Å². The number of aliphatic hydroxyl groups excluding tert-OH is 1. The molecule has 0 aromatic carbocycles. The molecule has 2 N–H and O–H groups in total. The highest BCUT2D eigenvalue weighted by molar-refractivity contribution is 5.88. The summed E-state index contributed by atoms with van der Waals surface area (Å²) >= 11 is 0. The molecule has 0 unspecified atom stereocenters. The maximum Gasteiger partial charge on any atom is 0.333 e. The van der Waals surface area contributed by atoms with Gasteiger partial charge in [-0.05, 0) is 37.7 Å². The minimum Gasteiger partial charge on any atom is -0.466 e. The lowest BCUT2D eigenvalue weighted by molar-refractivity contribution is -0.376. The Kier molecular flexibility index (Phi) is 4.29. The van der Waals surface area contributed by atoms with Crippen molar-refractivity contribution in [3.63, 3.8) is 0 Å². The van der Waals surface area contributed by atoms with Gasteiger partial charge in [0.1, 0.15) is 0 Å². The fourth-order valence-electron chi connectivity index (χ4n) is 4.16. The first-order valence-corrected chi connectivity index (χ1v) is 7.30. The average molecular weight is 296 g/mol. The number of carbonyl (C=O) groups is 1. The summed E-state index contributed by atoms with van der Waals surface area (Å²) < 4.78 is 4.69. The van der Waals surface area contributed by atoms with E-state index in [1.54, 1.807) is 0 Å². The molecule has 118 valence electrons. The minimum absolute atomic E-state index is 0.210. The van der Waals surface area contributed by atoms with Crippen molar-refractivity contribution >= 4 is 5.97 Å². The lowest BCUT2D eigenvalue weighted by Crippen LogP contribution is -2.64. The fraction of sp³-hybridized carbons (Fsp3) is 0.688. The predicted octanol–water partition coefficient (Wildman–Crippen LogP) is 2.46. The maximum atomic E-state index is 11.7. The van der Waals surface area contributed by atoms with Gasteiger partial charge in [0.05, 0.1) is 13.2 Å². The molecule has 5 nitrogen and oxygen atoms in total. The predicted molar refractivity (Wildman–Crippen MR) is 77.4 cm³/mol. The third kappa shape index (κ3) is 2.15. The Bertz CT molecular complexity index is 471. The SMILES string of the molecule is C=C(C(=O)OC)[C@@H]1CC[C@@]2(C)CCCC(=C)[C@]2(OO)[C@@H]1O. The Morgan fingerprint density at radius 3 is 2.67 bits per heavy atom. The monoisotopic (exact) mass is 296 g/mol. The normalized spacial score (nSPS) is 39.5. The van der Waals surface area contributed by atoms with Crippen LogP contribution in [0.3, 0.4) is 0 Å². The van der Waals surface area contributed by atoms with E-state index in [1.165, 1.54) is 7.11 Å². The molecule has 2 fully saturated rings. The van der Waals surface area contributed by atoms with Crippen LogP contribution in [0, 0.1) is 11.3 Å². The number of hydrogen-bond donors (Lipinski definition) is 2. The summed E-state index contributed by atoms with van der Waals surface area (Å²) in [5, 5.41) is 20.5. The lowest BCUT2D eigenvalue weighted by Gasteiger charge is -2.57. The topological polar surface area (TPSA) is 76.0 Å². The van der Waals surface area contributed by atoms with E-state index in [0.717, 1.165) is 12.8 Å². The summed E-state index contributed by atoms with van der Waals surface area (Å²) in [6.07, 6.45) is 2.72. The third-order valence-electron chi connectivity index (χ3n) is 5.47. The second-order valence-corrected chi connectivity index (χ2v) is 6.45. The van der Waals surface area contributed by atoms with Crippen LogP contribution in [-0.2, 0) is 14.4 Å². The van der Waals surface area contributed by atoms with E-state index in [-0.39, 0.29) is 5.57 Å². The summed E-state index contributed by atoms with van der Waals surface area (Å²) in [7, 11) is 1.28. The number of hydrogen-bond acceptors (Lipinski definition) is 5.